The maximum Gasteiger partial charge on any atom is 0.241 e. The van der Waals surface area contributed by atoms with Crippen molar-refractivity contribution < 1.29 is 14.7 Å². The van der Waals surface area contributed by atoms with Gasteiger partial charge in [0.2, 0.25) is 5.91 Å². The minimum absolute atomic E-state index is 0.136. The van der Waals surface area contributed by atoms with E-state index in [4.69, 9.17) is 0 Å². The van der Waals surface area contributed by atoms with Gasteiger partial charge in [0.15, 0.2) is 6.29 Å². The average Bonchev–Trinajstić information content (AvgIpc) is 2.82. The number of hydrogen-bond acceptors (Lipinski definition) is 5. The second kappa shape index (κ2) is 5.87. The number of carbonyl (C=O) groups is 2. The van der Waals surface area contributed by atoms with E-state index in [1.807, 2.05) is 0 Å². The molecule has 0 saturated carbocycles. The summed E-state index contributed by atoms with van der Waals surface area (Å²) in [5, 5.41) is 22.1. The van der Waals surface area contributed by atoms with Crippen LogP contribution in [-0.2, 0) is 22.4 Å². The second-order valence-corrected chi connectivity index (χ2v) is 5.98. The number of amides is 1. The van der Waals surface area contributed by atoms with Crippen LogP contribution in [0.1, 0.15) is 23.6 Å². The Hall–Kier alpha value is -2.23. The van der Waals surface area contributed by atoms with Gasteiger partial charge in [0.25, 0.3) is 0 Å². The molecule has 1 aliphatic carbocycles. The SMILES string of the molecule is C[C@H](C(=O)Nc1cc(C#N)c2c(c1)CC(O)(C=O)C2)N(C)C. The Morgan fingerprint density at radius 2 is 2.18 bits per heavy atom. The number of anilines is 1. The highest BCUT2D eigenvalue weighted by Gasteiger charge is 2.36. The second-order valence-electron chi connectivity index (χ2n) is 5.98. The highest BCUT2D eigenvalue weighted by Crippen LogP contribution is 2.33. The Balaban J connectivity index is 2.31. The van der Waals surface area contributed by atoms with Gasteiger partial charge in [-0.15, -0.1) is 0 Å². The number of rotatable bonds is 4. The quantitative estimate of drug-likeness (QED) is 0.789. The summed E-state index contributed by atoms with van der Waals surface area (Å²) in [7, 11) is 3.61. The molecule has 1 aliphatic rings. The molecule has 6 nitrogen and oxygen atoms in total. The number of nitrogens with one attached hydrogen (secondary N) is 1. The van der Waals surface area contributed by atoms with Crippen molar-refractivity contribution >= 4 is 17.9 Å². The van der Waals surface area contributed by atoms with Crippen molar-refractivity contribution in [2.45, 2.75) is 31.4 Å². The van der Waals surface area contributed by atoms with Gasteiger partial charge in [-0.05, 0) is 44.3 Å². The first-order valence-corrected chi connectivity index (χ1v) is 7.01. The van der Waals surface area contributed by atoms with Gasteiger partial charge in [0.1, 0.15) is 5.60 Å². The smallest absolute Gasteiger partial charge is 0.241 e. The molecule has 0 fully saturated rings. The number of hydrogen-bond donors (Lipinski definition) is 2. The van der Waals surface area contributed by atoms with Gasteiger partial charge < -0.3 is 15.2 Å². The lowest BCUT2D eigenvalue weighted by atomic mass is 10.0. The van der Waals surface area contributed by atoms with Crippen LogP contribution >= 0.6 is 0 Å². The van der Waals surface area contributed by atoms with E-state index in [2.05, 4.69) is 11.4 Å². The molecule has 0 spiro atoms. The molecule has 22 heavy (non-hydrogen) atoms. The molecule has 2 rings (SSSR count). The molecule has 6 heteroatoms. The van der Waals surface area contributed by atoms with E-state index >= 15 is 0 Å². The summed E-state index contributed by atoms with van der Waals surface area (Å²) < 4.78 is 0. The first kappa shape index (κ1) is 16.1. The minimum Gasteiger partial charge on any atom is -0.382 e. The third-order valence-electron chi connectivity index (χ3n) is 4.08. The molecule has 0 bridgehead atoms. The lowest BCUT2D eigenvalue weighted by Crippen LogP contribution is -2.37. The number of aliphatic hydroxyl groups is 1. The zero-order chi connectivity index (χ0) is 16.5. The van der Waals surface area contributed by atoms with Crippen molar-refractivity contribution in [3.8, 4) is 6.07 Å². The number of benzene rings is 1. The topological polar surface area (TPSA) is 93.4 Å². The largest absolute Gasteiger partial charge is 0.382 e. The maximum atomic E-state index is 12.1. The van der Waals surface area contributed by atoms with E-state index in [9.17, 15) is 20.0 Å². The fraction of sp³-hybridized carbons (Fsp3) is 0.438. The summed E-state index contributed by atoms with van der Waals surface area (Å²) in [4.78, 5) is 24.9. The molecule has 0 aromatic heterocycles. The molecule has 1 aromatic carbocycles. The highest BCUT2D eigenvalue weighted by atomic mass is 16.3. The molecule has 1 aromatic rings. The zero-order valence-electron chi connectivity index (χ0n) is 12.9. The fourth-order valence-corrected chi connectivity index (χ4v) is 2.53. The number of fused-ring (bicyclic) bond motifs is 1. The van der Waals surface area contributed by atoms with E-state index in [0.29, 0.717) is 23.1 Å². The third-order valence-corrected chi connectivity index (χ3v) is 4.08. The fourth-order valence-electron chi connectivity index (χ4n) is 2.53. The van der Waals surface area contributed by atoms with Gasteiger partial charge in [-0.1, -0.05) is 0 Å². The first-order valence-electron chi connectivity index (χ1n) is 7.01. The van der Waals surface area contributed by atoms with Gasteiger partial charge in [0.05, 0.1) is 17.7 Å². The van der Waals surface area contributed by atoms with Crippen LogP contribution in [0, 0.1) is 11.3 Å². The molecule has 1 unspecified atom stereocenters. The third kappa shape index (κ3) is 3.01. The lowest BCUT2D eigenvalue weighted by molar-refractivity contribution is -0.123. The maximum absolute atomic E-state index is 12.1. The molecule has 0 saturated heterocycles. The van der Waals surface area contributed by atoms with Gasteiger partial charge in [0, 0.05) is 18.5 Å². The van der Waals surface area contributed by atoms with E-state index in [1.165, 1.54) is 0 Å². The Morgan fingerprint density at radius 1 is 1.50 bits per heavy atom. The van der Waals surface area contributed by atoms with Gasteiger partial charge >= 0.3 is 0 Å². The Bertz CT molecular complexity index is 663. The van der Waals surface area contributed by atoms with Crippen molar-refractivity contribution in [2.24, 2.45) is 0 Å². The van der Waals surface area contributed by atoms with E-state index < -0.39 is 5.60 Å². The number of nitriles is 1. The summed E-state index contributed by atoms with van der Waals surface area (Å²) in [6, 6.07) is 5.05. The number of carbonyl (C=O) groups excluding carboxylic acids is 2. The highest BCUT2D eigenvalue weighted by molar-refractivity contribution is 5.95. The first-order chi connectivity index (χ1) is 10.3. The van der Waals surface area contributed by atoms with Crippen LogP contribution in [0.3, 0.4) is 0 Å². The summed E-state index contributed by atoms with van der Waals surface area (Å²) in [6.45, 7) is 1.78. The van der Waals surface area contributed by atoms with E-state index in [-0.39, 0.29) is 24.8 Å². The molecule has 0 aliphatic heterocycles. The molecule has 0 heterocycles. The van der Waals surface area contributed by atoms with Crippen molar-refractivity contribution in [2.75, 3.05) is 19.4 Å². The Kier molecular flexibility index (Phi) is 4.31. The van der Waals surface area contributed by atoms with Gasteiger partial charge in [-0.25, -0.2) is 0 Å². The van der Waals surface area contributed by atoms with Crippen LogP contribution < -0.4 is 5.32 Å². The molecule has 116 valence electrons. The number of nitrogens with zero attached hydrogens (tertiary/aromatic N) is 2. The van der Waals surface area contributed by atoms with Crippen molar-refractivity contribution in [1.82, 2.24) is 4.90 Å². The normalized spacial score (nSPS) is 21.1. The zero-order valence-corrected chi connectivity index (χ0v) is 12.9. The van der Waals surface area contributed by atoms with Gasteiger partial charge in [-0.3, -0.25) is 9.69 Å². The van der Waals surface area contributed by atoms with Crippen LogP contribution in [0.4, 0.5) is 5.69 Å². The summed E-state index contributed by atoms with van der Waals surface area (Å²) in [6.07, 6.45) is 0.811. The number of likely N-dealkylation sites (N-methyl/N-ethyl adjacent to an activating group) is 1. The minimum atomic E-state index is -1.45. The summed E-state index contributed by atoms with van der Waals surface area (Å²) >= 11 is 0. The Morgan fingerprint density at radius 3 is 2.73 bits per heavy atom. The molecule has 0 radical (unpaired) electrons. The summed E-state index contributed by atoms with van der Waals surface area (Å²) in [5.41, 5.74) is 0.831. The predicted octanol–water partition coefficient (Wildman–Crippen LogP) is 0.475. The number of aldehydes is 1. The van der Waals surface area contributed by atoms with Crippen LogP contribution in [0.15, 0.2) is 12.1 Å². The molecular weight excluding hydrogens is 282 g/mol. The van der Waals surface area contributed by atoms with E-state index in [0.717, 1.165) is 5.56 Å². The molecule has 2 N–H and O–H groups in total. The van der Waals surface area contributed by atoms with Crippen LogP contribution in [0.25, 0.3) is 0 Å². The lowest BCUT2D eigenvalue weighted by Gasteiger charge is -2.19. The monoisotopic (exact) mass is 301 g/mol. The van der Waals surface area contributed by atoms with Crippen molar-refractivity contribution in [3.63, 3.8) is 0 Å². The molecule has 1 amide bonds. The van der Waals surface area contributed by atoms with E-state index in [1.54, 1.807) is 38.1 Å². The van der Waals surface area contributed by atoms with Crippen LogP contribution in [-0.4, -0.2) is 47.9 Å². The Labute approximate surface area is 129 Å². The van der Waals surface area contributed by atoms with Crippen LogP contribution in [0.2, 0.25) is 0 Å². The predicted molar refractivity (Wildman–Crippen MR) is 81.4 cm³/mol. The molecule has 2 atom stereocenters. The van der Waals surface area contributed by atoms with Crippen LogP contribution in [0.5, 0.6) is 0 Å². The van der Waals surface area contributed by atoms with Crippen molar-refractivity contribution in [1.29, 1.82) is 5.26 Å². The summed E-state index contributed by atoms with van der Waals surface area (Å²) in [5.74, 6) is -0.183. The standard InChI is InChI=1S/C16H19N3O3/c1-10(19(2)3)15(21)18-13-4-11-6-16(22,9-20)7-14(11)12(5-13)8-17/h4-5,9-10,22H,6-7H2,1-3H3,(H,18,21)/t10-,16?/m1/s1. The average molecular weight is 301 g/mol. The van der Waals surface area contributed by atoms with Gasteiger partial charge in [-0.2, -0.15) is 5.26 Å². The van der Waals surface area contributed by atoms with Crippen molar-refractivity contribution in [3.05, 3.63) is 28.8 Å². The molecular formula is C16H19N3O3.